The molecule has 1 aromatic carbocycles. The molecule has 0 amide bonds. The predicted octanol–water partition coefficient (Wildman–Crippen LogP) is 3.63. The molecule has 2 heterocycles. The van der Waals surface area contributed by atoms with Gasteiger partial charge in [0.1, 0.15) is 0 Å². The fraction of sp³-hybridized carbons (Fsp3) is 0.389. The molecule has 118 valence electrons. The smallest absolute Gasteiger partial charge is 0.259 e. The van der Waals surface area contributed by atoms with Gasteiger partial charge in [-0.05, 0) is 44.9 Å². The van der Waals surface area contributed by atoms with Crippen molar-refractivity contribution in [3.05, 3.63) is 41.3 Å². The van der Waals surface area contributed by atoms with Crippen LogP contribution in [-0.2, 0) is 5.54 Å². The van der Waals surface area contributed by atoms with Gasteiger partial charge in [0.15, 0.2) is 5.82 Å². The Hall–Kier alpha value is -2.27. The highest BCUT2D eigenvalue weighted by molar-refractivity contribution is 5.84. The van der Waals surface area contributed by atoms with Crippen LogP contribution in [0.4, 0.5) is 0 Å². The van der Waals surface area contributed by atoms with Gasteiger partial charge in [0.05, 0.1) is 22.3 Å². The SMILES string of the molecule is Cc1ccc2nc(C)c(-c3nc(C4(N)CCCC4)no3)cc2c1. The Morgan fingerprint density at radius 1 is 1.09 bits per heavy atom. The summed E-state index contributed by atoms with van der Waals surface area (Å²) in [6.07, 6.45) is 4.08. The molecular weight excluding hydrogens is 288 g/mol. The molecule has 0 atom stereocenters. The van der Waals surface area contributed by atoms with Gasteiger partial charge >= 0.3 is 0 Å². The molecule has 0 spiro atoms. The molecule has 1 saturated carbocycles. The number of nitrogens with two attached hydrogens (primary N) is 1. The zero-order chi connectivity index (χ0) is 16.0. The summed E-state index contributed by atoms with van der Waals surface area (Å²) in [5.41, 5.74) is 9.92. The topological polar surface area (TPSA) is 77.8 Å². The summed E-state index contributed by atoms with van der Waals surface area (Å²) in [5.74, 6) is 1.12. The maximum absolute atomic E-state index is 6.42. The molecule has 1 aliphatic rings. The van der Waals surface area contributed by atoms with E-state index in [1.54, 1.807) is 0 Å². The number of aryl methyl sites for hydroxylation is 2. The van der Waals surface area contributed by atoms with Gasteiger partial charge in [-0.3, -0.25) is 4.98 Å². The van der Waals surface area contributed by atoms with E-state index < -0.39 is 5.54 Å². The Morgan fingerprint density at radius 2 is 1.87 bits per heavy atom. The molecule has 3 aromatic rings. The van der Waals surface area contributed by atoms with Crippen molar-refractivity contribution in [2.24, 2.45) is 5.73 Å². The molecular formula is C18H20N4O. The Kier molecular flexibility index (Phi) is 3.20. The van der Waals surface area contributed by atoms with Crippen LogP contribution in [0.1, 0.15) is 42.8 Å². The molecule has 5 nitrogen and oxygen atoms in total. The van der Waals surface area contributed by atoms with Crippen LogP contribution in [-0.4, -0.2) is 15.1 Å². The molecule has 0 saturated heterocycles. The molecule has 0 bridgehead atoms. The lowest BCUT2D eigenvalue weighted by Crippen LogP contribution is -2.34. The van der Waals surface area contributed by atoms with Gasteiger partial charge in [-0.2, -0.15) is 4.98 Å². The maximum Gasteiger partial charge on any atom is 0.259 e. The Balaban J connectivity index is 1.80. The van der Waals surface area contributed by atoms with Gasteiger partial charge < -0.3 is 10.3 Å². The summed E-state index contributed by atoms with van der Waals surface area (Å²) in [6, 6.07) is 8.29. The molecule has 5 heteroatoms. The minimum absolute atomic E-state index is 0.434. The van der Waals surface area contributed by atoms with Crippen molar-refractivity contribution < 1.29 is 4.52 Å². The van der Waals surface area contributed by atoms with Crippen molar-refractivity contribution in [1.82, 2.24) is 15.1 Å². The van der Waals surface area contributed by atoms with Gasteiger partial charge in [-0.1, -0.05) is 29.6 Å². The first-order valence-electron chi connectivity index (χ1n) is 8.07. The number of hydrogen-bond acceptors (Lipinski definition) is 5. The summed E-state index contributed by atoms with van der Waals surface area (Å²) >= 11 is 0. The van der Waals surface area contributed by atoms with E-state index in [-0.39, 0.29) is 0 Å². The van der Waals surface area contributed by atoms with Crippen molar-refractivity contribution in [3.63, 3.8) is 0 Å². The third kappa shape index (κ3) is 2.41. The second kappa shape index (κ2) is 5.13. The van der Waals surface area contributed by atoms with Crippen molar-refractivity contribution in [1.29, 1.82) is 0 Å². The van der Waals surface area contributed by atoms with Crippen molar-refractivity contribution in [3.8, 4) is 11.5 Å². The Bertz CT molecular complexity index is 878. The molecule has 0 unspecified atom stereocenters. The number of pyridine rings is 1. The van der Waals surface area contributed by atoms with Gasteiger partial charge in [0.2, 0.25) is 0 Å². The summed E-state index contributed by atoms with van der Waals surface area (Å²) in [7, 11) is 0. The standard InChI is InChI=1S/C18H20N4O/c1-11-5-6-15-13(9-11)10-14(12(2)20-15)16-21-17(22-23-16)18(19)7-3-4-8-18/h5-6,9-10H,3-4,7-8,19H2,1-2H3. The van der Waals surface area contributed by atoms with Crippen LogP contribution in [0.2, 0.25) is 0 Å². The van der Waals surface area contributed by atoms with Gasteiger partial charge in [0.25, 0.3) is 5.89 Å². The highest BCUT2D eigenvalue weighted by Crippen LogP contribution is 2.36. The van der Waals surface area contributed by atoms with Gasteiger partial charge in [-0.15, -0.1) is 0 Å². The van der Waals surface area contributed by atoms with Crippen LogP contribution in [0.15, 0.2) is 28.8 Å². The average molecular weight is 308 g/mol. The largest absolute Gasteiger partial charge is 0.334 e. The summed E-state index contributed by atoms with van der Waals surface area (Å²) in [6.45, 7) is 4.04. The molecule has 1 aliphatic carbocycles. The third-order valence-corrected chi connectivity index (χ3v) is 4.76. The lowest BCUT2D eigenvalue weighted by atomic mass is 9.98. The predicted molar refractivity (Wildman–Crippen MR) is 88.8 cm³/mol. The van der Waals surface area contributed by atoms with E-state index in [4.69, 9.17) is 10.3 Å². The molecule has 23 heavy (non-hydrogen) atoms. The molecule has 2 N–H and O–H groups in total. The van der Waals surface area contributed by atoms with Crippen LogP contribution < -0.4 is 5.73 Å². The van der Waals surface area contributed by atoms with Crippen molar-refractivity contribution in [2.45, 2.75) is 45.1 Å². The minimum atomic E-state index is -0.434. The number of benzene rings is 1. The quantitative estimate of drug-likeness (QED) is 0.782. The highest BCUT2D eigenvalue weighted by atomic mass is 16.5. The minimum Gasteiger partial charge on any atom is -0.334 e. The Morgan fingerprint density at radius 3 is 2.65 bits per heavy atom. The molecule has 4 rings (SSSR count). The number of rotatable bonds is 2. The van der Waals surface area contributed by atoms with Crippen molar-refractivity contribution in [2.75, 3.05) is 0 Å². The second-order valence-corrected chi connectivity index (χ2v) is 6.60. The molecule has 1 fully saturated rings. The third-order valence-electron chi connectivity index (χ3n) is 4.76. The maximum atomic E-state index is 6.42. The monoisotopic (exact) mass is 308 g/mol. The van der Waals surface area contributed by atoms with E-state index in [2.05, 4.69) is 40.2 Å². The normalized spacial score (nSPS) is 17.0. The number of aromatic nitrogens is 3. The van der Waals surface area contributed by atoms with E-state index in [0.29, 0.717) is 11.7 Å². The summed E-state index contributed by atoms with van der Waals surface area (Å²) in [4.78, 5) is 9.24. The number of nitrogens with zero attached hydrogens (tertiary/aromatic N) is 3. The lowest BCUT2D eigenvalue weighted by Gasteiger charge is -2.17. The van der Waals surface area contributed by atoms with Crippen LogP contribution >= 0.6 is 0 Å². The zero-order valence-corrected chi connectivity index (χ0v) is 13.5. The first kappa shape index (κ1) is 14.3. The van der Waals surface area contributed by atoms with Gasteiger partial charge in [-0.25, -0.2) is 0 Å². The summed E-state index contributed by atoms with van der Waals surface area (Å²) < 4.78 is 5.51. The fourth-order valence-corrected chi connectivity index (χ4v) is 3.37. The fourth-order valence-electron chi connectivity index (χ4n) is 3.37. The molecule has 0 aliphatic heterocycles. The molecule has 2 aromatic heterocycles. The van der Waals surface area contributed by atoms with Crippen LogP contribution in [0, 0.1) is 13.8 Å². The van der Waals surface area contributed by atoms with E-state index in [9.17, 15) is 0 Å². The zero-order valence-electron chi connectivity index (χ0n) is 13.5. The van der Waals surface area contributed by atoms with Crippen LogP contribution in [0.25, 0.3) is 22.4 Å². The average Bonchev–Trinajstić information content (AvgIpc) is 3.17. The first-order chi connectivity index (χ1) is 11.0. The van der Waals surface area contributed by atoms with E-state index >= 15 is 0 Å². The second-order valence-electron chi connectivity index (χ2n) is 6.60. The van der Waals surface area contributed by atoms with Crippen molar-refractivity contribution >= 4 is 10.9 Å². The van der Waals surface area contributed by atoms with E-state index in [1.165, 1.54) is 5.56 Å². The number of hydrogen-bond donors (Lipinski definition) is 1. The summed E-state index contributed by atoms with van der Waals surface area (Å²) in [5, 5.41) is 5.22. The van der Waals surface area contributed by atoms with E-state index in [1.807, 2.05) is 13.0 Å². The lowest BCUT2D eigenvalue weighted by molar-refractivity contribution is 0.372. The first-order valence-corrected chi connectivity index (χ1v) is 8.07. The molecule has 0 radical (unpaired) electrons. The van der Waals surface area contributed by atoms with Gasteiger partial charge in [0, 0.05) is 5.39 Å². The van der Waals surface area contributed by atoms with E-state index in [0.717, 1.165) is 47.8 Å². The Labute approximate surface area is 134 Å². The highest BCUT2D eigenvalue weighted by Gasteiger charge is 2.36. The number of fused-ring (bicyclic) bond motifs is 1. The van der Waals surface area contributed by atoms with Crippen LogP contribution in [0.5, 0.6) is 0 Å². The van der Waals surface area contributed by atoms with Crippen LogP contribution in [0.3, 0.4) is 0 Å².